The average Bonchev–Trinajstić information content (AvgIpc) is 2.61. The highest BCUT2D eigenvalue weighted by atomic mass is 16.2. The van der Waals surface area contributed by atoms with Crippen molar-refractivity contribution in [2.24, 2.45) is 0 Å². The Hall–Kier alpha value is -2.33. The molecule has 0 aliphatic carbocycles. The Balaban J connectivity index is 1.77. The van der Waals surface area contributed by atoms with E-state index in [0.29, 0.717) is 19.1 Å². The van der Waals surface area contributed by atoms with E-state index < -0.39 is 6.03 Å². The molecule has 0 bridgehead atoms. The van der Waals surface area contributed by atoms with Gasteiger partial charge in [-0.25, -0.2) is 10.5 Å². The van der Waals surface area contributed by atoms with Crippen molar-refractivity contribution in [2.45, 2.75) is 12.5 Å². The lowest BCUT2D eigenvalue weighted by atomic mass is 9.97. The summed E-state index contributed by atoms with van der Waals surface area (Å²) < 4.78 is 0. The van der Waals surface area contributed by atoms with Crippen molar-refractivity contribution < 1.29 is 4.79 Å². The number of nitrogens with one attached hydrogen (secondary N) is 1. The predicted octanol–water partition coefficient (Wildman–Crippen LogP) is 2.99. The van der Waals surface area contributed by atoms with Crippen molar-refractivity contribution in [3.8, 4) is 0 Å². The summed E-state index contributed by atoms with van der Waals surface area (Å²) in [6.07, 6.45) is 0.958. The first-order valence-electron chi connectivity index (χ1n) is 8.07. The fourth-order valence-corrected chi connectivity index (χ4v) is 3.21. The molecule has 1 aliphatic heterocycles. The van der Waals surface area contributed by atoms with Gasteiger partial charge in [-0.15, -0.1) is 0 Å². The van der Waals surface area contributed by atoms with Crippen molar-refractivity contribution in [3.63, 3.8) is 0 Å². The molecule has 1 heterocycles. The van der Waals surface area contributed by atoms with Gasteiger partial charge < -0.3 is 4.90 Å². The molecule has 3 rings (SSSR count). The summed E-state index contributed by atoms with van der Waals surface area (Å²) in [4.78, 5) is 15.3. The number of urea groups is 1. The van der Waals surface area contributed by atoms with E-state index in [2.05, 4.69) is 53.4 Å². The Kier molecular flexibility index (Phi) is 4.93. The maximum atomic E-state index is 11.2. The minimum atomic E-state index is -0.566. The number of nitrogens with zero attached hydrogens (tertiary/aromatic N) is 2. The molecule has 1 aliphatic rings. The second kappa shape index (κ2) is 7.29. The summed E-state index contributed by atoms with van der Waals surface area (Å²) >= 11 is 0. The zero-order chi connectivity index (χ0) is 16.1. The van der Waals surface area contributed by atoms with Crippen molar-refractivity contribution in [1.82, 2.24) is 15.5 Å². The monoisotopic (exact) mass is 308 g/mol. The minimum Gasteiger partial charge on any atom is -0.321 e. The first kappa shape index (κ1) is 15.6. The van der Waals surface area contributed by atoms with E-state index in [1.807, 2.05) is 12.1 Å². The zero-order valence-corrected chi connectivity index (χ0v) is 13.2. The molecule has 1 radical (unpaired) electrons. The largest absolute Gasteiger partial charge is 0.336 e. The Labute approximate surface area is 137 Å². The Morgan fingerprint density at radius 3 is 2.04 bits per heavy atom. The highest BCUT2D eigenvalue weighted by Gasteiger charge is 2.26. The molecule has 2 aromatic carbocycles. The summed E-state index contributed by atoms with van der Waals surface area (Å²) in [5.41, 5.74) is 9.88. The highest BCUT2D eigenvalue weighted by molar-refractivity contribution is 5.71. The van der Waals surface area contributed by atoms with Gasteiger partial charge in [-0.3, -0.25) is 4.90 Å². The first-order valence-corrected chi connectivity index (χ1v) is 8.07. The molecule has 0 aromatic heterocycles. The number of hydrogen-bond donors (Lipinski definition) is 0. The average molecular weight is 308 g/mol. The summed E-state index contributed by atoms with van der Waals surface area (Å²) in [5, 5.41) is 0. The van der Waals surface area contributed by atoms with Crippen molar-refractivity contribution >= 4 is 6.03 Å². The van der Waals surface area contributed by atoms with Gasteiger partial charge in [0.15, 0.2) is 0 Å². The van der Waals surface area contributed by atoms with E-state index in [9.17, 15) is 4.79 Å². The summed E-state index contributed by atoms with van der Waals surface area (Å²) in [6, 6.07) is 20.8. The molecule has 1 fully saturated rings. The van der Waals surface area contributed by atoms with Crippen LogP contribution in [0.2, 0.25) is 0 Å². The van der Waals surface area contributed by atoms with Crippen LogP contribution in [0.4, 0.5) is 4.79 Å². The molecule has 1 N–H and O–H groups in total. The molecule has 1 saturated heterocycles. The normalized spacial score (nSPS) is 17.0. The molecule has 0 saturated carbocycles. The molecule has 4 heteroatoms. The third-order valence-corrected chi connectivity index (χ3v) is 4.50. The number of carbonyl (C=O) groups excluding carboxylic acids is 1. The number of amides is 2. The maximum Gasteiger partial charge on any atom is 0.336 e. The van der Waals surface area contributed by atoms with Crippen LogP contribution >= 0.6 is 0 Å². The van der Waals surface area contributed by atoms with Crippen molar-refractivity contribution in [1.29, 1.82) is 0 Å². The van der Waals surface area contributed by atoms with E-state index in [4.69, 9.17) is 5.73 Å². The van der Waals surface area contributed by atoms with Gasteiger partial charge in [0.1, 0.15) is 0 Å². The third-order valence-electron chi connectivity index (χ3n) is 4.50. The van der Waals surface area contributed by atoms with Crippen LogP contribution in [0.25, 0.3) is 0 Å². The minimum absolute atomic E-state index is 0.307. The topological polar surface area (TPSA) is 47.4 Å². The van der Waals surface area contributed by atoms with Gasteiger partial charge in [0.05, 0.1) is 0 Å². The van der Waals surface area contributed by atoms with E-state index >= 15 is 0 Å². The van der Waals surface area contributed by atoms with Crippen molar-refractivity contribution in [3.05, 3.63) is 71.8 Å². The lowest BCUT2D eigenvalue weighted by Gasteiger charge is -2.39. The summed E-state index contributed by atoms with van der Waals surface area (Å²) in [6.45, 7) is 2.91. The second-order valence-corrected chi connectivity index (χ2v) is 5.94. The summed E-state index contributed by atoms with van der Waals surface area (Å²) in [5.74, 6) is 0. The summed E-state index contributed by atoms with van der Waals surface area (Å²) in [7, 11) is 0. The van der Waals surface area contributed by atoms with Gasteiger partial charge in [-0.05, 0) is 17.5 Å². The van der Waals surface area contributed by atoms with E-state index in [-0.39, 0.29) is 0 Å². The van der Waals surface area contributed by atoms with Crippen LogP contribution in [-0.2, 0) is 6.42 Å². The molecule has 119 valence electrons. The Morgan fingerprint density at radius 2 is 1.48 bits per heavy atom. The van der Waals surface area contributed by atoms with Gasteiger partial charge >= 0.3 is 6.03 Å². The van der Waals surface area contributed by atoms with Crippen LogP contribution < -0.4 is 5.73 Å². The van der Waals surface area contributed by atoms with E-state index in [1.165, 1.54) is 11.1 Å². The molecule has 4 nitrogen and oxygen atoms in total. The second-order valence-electron chi connectivity index (χ2n) is 5.94. The molecule has 0 spiro atoms. The fourth-order valence-electron chi connectivity index (χ4n) is 3.21. The quantitative estimate of drug-likeness (QED) is 0.871. The number of piperazine rings is 1. The van der Waals surface area contributed by atoms with Crippen molar-refractivity contribution in [2.75, 3.05) is 26.2 Å². The fraction of sp³-hybridized carbons (Fsp3) is 0.316. The highest BCUT2D eigenvalue weighted by Crippen LogP contribution is 2.26. The predicted molar refractivity (Wildman–Crippen MR) is 91.0 cm³/mol. The number of carbonyl (C=O) groups is 1. The Bertz CT molecular complexity index is 622. The standard InChI is InChI=1S/C19H22N3O/c20-19(23)22-13-11-21(12-14-22)18(17-9-5-2-6-10-17)15-16-7-3-1-4-8-16/h1-10,18,20H,11-15H2. The van der Waals surface area contributed by atoms with Crippen LogP contribution in [0.3, 0.4) is 0 Å². The molecular formula is C19H22N3O. The molecule has 1 atom stereocenters. The van der Waals surface area contributed by atoms with Gasteiger partial charge in [0.25, 0.3) is 0 Å². The van der Waals surface area contributed by atoms with Crippen LogP contribution in [-0.4, -0.2) is 42.0 Å². The van der Waals surface area contributed by atoms with Crippen LogP contribution in [0.5, 0.6) is 0 Å². The van der Waals surface area contributed by atoms with E-state index in [0.717, 1.165) is 19.5 Å². The van der Waals surface area contributed by atoms with E-state index in [1.54, 1.807) is 4.90 Å². The third kappa shape index (κ3) is 3.90. The zero-order valence-electron chi connectivity index (χ0n) is 13.2. The lowest BCUT2D eigenvalue weighted by molar-refractivity contribution is 0.110. The van der Waals surface area contributed by atoms with Gasteiger partial charge in [0, 0.05) is 32.2 Å². The van der Waals surface area contributed by atoms with Gasteiger partial charge in [0.2, 0.25) is 0 Å². The lowest BCUT2D eigenvalue weighted by Crippen LogP contribution is -2.49. The number of benzene rings is 2. The SMILES string of the molecule is [NH]C(=O)N1CCN(C(Cc2ccccc2)c2ccccc2)CC1. The van der Waals surface area contributed by atoms with Crippen LogP contribution in [0.1, 0.15) is 17.2 Å². The molecule has 2 aromatic rings. The maximum absolute atomic E-state index is 11.2. The van der Waals surface area contributed by atoms with Gasteiger partial charge in [-0.2, -0.15) is 0 Å². The number of hydrogen-bond acceptors (Lipinski definition) is 2. The molecule has 2 amide bonds. The number of rotatable bonds is 4. The Morgan fingerprint density at radius 1 is 0.913 bits per heavy atom. The van der Waals surface area contributed by atoms with Crippen LogP contribution in [0.15, 0.2) is 60.7 Å². The molecular weight excluding hydrogens is 286 g/mol. The molecule has 1 unspecified atom stereocenters. The van der Waals surface area contributed by atoms with Gasteiger partial charge in [-0.1, -0.05) is 60.7 Å². The first-order chi connectivity index (χ1) is 11.2. The van der Waals surface area contributed by atoms with Crippen LogP contribution in [0, 0.1) is 0 Å². The smallest absolute Gasteiger partial charge is 0.321 e. The molecule has 23 heavy (non-hydrogen) atoms.